The molecule has 2 N–H and O–H groups in total. The van der Waals surface area contributed by atoms with Gasteiger partial charge in [-0.25, -0.2) is 8.42 Å². The van der Waals surface area contributed by atoms with Crippen molar-refractivity contribution in [1.29, 1.82) is 0 Å². The van der Waals surface area contributed by atoms with Crippen LogP contribution in [0.15, 0.2) is 83.8 Å². The summed E-state index contributed by atoms with van der Waals surface area (Å²) in [4.78, 5) is 12.8. The first kappa shape index (κ1) is 21.4. The number of carbonyl (C=O) groups excluding carboxylic acids is 1. The van der Waals surface area contributed by atoms with Gasteiger partial charge in [-0.15, -0.1) is 0 Å². The highest BCUT2D eigenvalue weighted by molar-refractivity contribution is 7.92. The number of para-hydroxylation sites is 1. The van der Waals surface area contributed by atoms with E-state index in [-0.39, 0.29) is 22.4 Å². The maximum absolute atomic E-state index is 12.8. The highest BCUT2D eigenvalue weighted by Gasteiger charge is 2.18. The molecule has 0 aliphatic rings. The van der Waals surface area contributed by atoms with Gasteiger partial charge in [0.05, 0.1) is 18.0 Å². The van der Waals surface area contributed by atoms with Crippen molar-refractivity contribution in [1.82, 2.24) is 5.32 Å². The molecule has 0 spiro atoms. The van der Waals surface area contributed by atoms with Crippen molar-refractivity contribution < 1.29 is 17.9 Å². The van der Waals surface area contributed by atoms with Gasteiger partial charge in [-0.05, 0) is 54.4 Å². The van der Waals surface area contributed by atoms with Crippen molar-refractivity contribution in [2.75, 3.05) is 11.8 Å². The fourth-order valence-electron chi connectivity index (χ4n) is 3.02. The molecule has 30 heavy (non-hydrogen) atoms. The molecule has 156 valence electrons. The molecule has 0 aliphatic heterocycles. The average molecular weight is 425 g/mol. The van der Waals surface area contributed by atoms with Crippen molar-refractivity contribution in [3.05, 3.63) is 90.0 Å². The highest BCUT2D eigenvalue weighted by Crippen LogP contribution is 2.22. The van der Waals surface area contributed by atoms with Gasteiger partial charge in [-0.2, -0.15) is 0 Å². The minimum atomic E-state index is -3.81. The zero-order valence-electron chi connectivity index (χ0n) is 16.8. The lowest BCUT2D eigenvalue weighted by Gasteiger charge is -2.18. The van der Waals surface area contributed by atoms with Crippen molar-refractivity contribution in [3.8, 4) is 5.75 Å². The molecule has 0 fully saturated rings. The molecule has 0 unspecified atom stereocenters. The van der Waals surface area contributed by atoms with Crippen molar-refractivity contribution >= 4 is 21.6 Å². The normalized spacial score (nSPS) is 12.1. The summed E-state index contributed by atoms with van der Waals surface area (Å²) in [7, 11) is -2.21. The topological polar surface area (TPSA) is 84.5 Å². The number of hydrogen-bond donors (Lipinski definition) is 2. The number of methoxy groups -OCH3 is 1. The number of rotatable bonds is 8. The Labute approximate surface area is 177 Å². The van der Waals surface area contributed by atoms with Gasteiger partial charge in [0.25, 0.3) is 15.9 Å². The third-order valence-corrected chi connectivity index (χ3v) is 6.04. The van der Waals surface area contributed by atoms with Crippen molar-refractivity contribution in [3.63, 3.8) is 0 Å². The minimum Gasteiger partial charge on any atom is -0.497 e. The number of sulfonamides is 1. The van der Waals surface area contributed by atoms with Crippen LogP contribution >= 0.6 is 0 Å². The fraction of sp³-hybridized carbons (Fsp3) is 0.174. The molecule has 1 amide bonds. The van der Waals surface area contributed by atoms with Crippen LogP contribution in [0.25, 0.3) is 0 Å². The molecule has 3 aromatic rings. The SMILES string of the molecule is CC[C@@H](NC(=O)c1cccc(S(=O)(=O)Nc2ccccc2)c1)c1ccc(OC)cc1. The van der Waals surface area contributed by atoms with Crippen LogP contribution in [0.3, 0.4) is 0 Å². The van der Waals surface area contributed by atoms with E-state index >= 15 is 0 Å². The van der Waals surface area contributed by atoms with E-state index in [1.54, 1.807) is 49.6 Å². The zero-order valence-corrected chi connectivity index (χ0v) is 17.6. The van der Waals surface area contributed by atoms with Gasteiger partial charge in [-0.3, -0.25) is 9.52 Å². The van der Waals surface area contributed by atoms with Crippen LogP contribution in [0.4, 0.5) is 5.69 Å². The van der Waals surface area contributed by atoms with Crippen molar-refractivity contribution in [2.45, 2.75) is 24.3 Å². The number of ether oxygens (including phenoxy) is 1. The van der Waals surface area contributed by atoms with E-state index in [0.29, 0.717) is 12.1 Å². The molecule has 0 bridgehead atoms. The molecule has 0 saturated heterocycles. The van der Waals surface area contributed by atoms with E-state index < -0.39 is 10.0 Å². The summed E-state index contributed by atoms with van der Waals surface area (Å²) in [5.41, 5.74) is 1.68. The maximum Gasteiger partial charge on any atom is 0.261 e. The summed E-state index contributed by atoms with van der Waals surface area (Å²) in [5.74, 6) is 0.401. The summed E-state index contributed by atoms with van der Waals surface area (Å²) >= 11 is 0. The Morgan fingerprint density at radius 2 is 1.67 bits per heavy atom. The molecule has 6 nitrogen and oxygen atoms in total. The van der Waals surface area contributed by atoms with Crippen LogP contribution in [0.1, 0.15) is 35.3 Å². The third kappa shape index (κ3) is 5.18. The number of anilines is 1. The molecule has 0 aliphatic carbocycles. The maximum atomic E-state index is 12.8. The Hall–Kier alpha value is -3.32. The number of nitrogens with one attached hydrogen (secondary N) is 2. The van der Waals surface area contributed by atoms with Crippen LogP contribution in [0.5, 0.6) is 5.75 Å². The second-order valence-corrected chi connectivity index (χ2v) is 8.39. The van der Waals surface area contributed by atoms with Gasteiger partial charge in [0.1, 0.15) is 5.75 Å². The Morgan fingerprint density at radius 3 is 2.30 bits per heavy atom. The van der Waals surface area contributed by atoms with Crippen molar-refractivity contribution in [2.24, 2.45) is 0 Å². The molecular formula is C23H24N2O4S. The lowest BCUT2D eigenvalue weighted by Crippen LogP contribution is -2.28. The van der Waals surface area contributed by atoms with Crippen LogP contribution in [0.2, 0.25) is 0 Å². The molecule has 3 aromatic carbocycles. The molecule has 0 radical (unpaired) electrons. The second kappa shape index (κ2) is 9.45. The summed E-state index contributed by atoms with van der Waals surface area (Å²) in [5, 5.41) is 2.97. The lowest BCUT2D eigenvalue weighted by molar-refractivity contribution is 0.0935. The second-order valence-electron chi connectivity index (χ2n) is 6.71. The Bertz CT molecular complexity index is 1100. The quantitative estimate of drug-likeness (QED) is 0.562. The zero-order chi connectivity index (χ0) is 21.6. The summed E-state index contributed by atoms with van der Waals surface area (Å²) in [6, 6.07) is 21.9. The number of benzene rings is 3. The van der Waals surface area contributed by atoms with E-state index in [2.05, 4.69) is 10.0 Å². The van der Waals surface area contributed by atoms with E-state index in [0.717, 1.165) is 11.3 Å². The predicted molar refractivity (Wildman–Crippen MR) is 117 cm³/mol. The first-order chi connectivity index (χ1) is 14.4. The van der Waals surface area contributed by atoms with Gasteiger partial charge in [-0.1, -0.05) is 43.3 Å². The van der Waals surface area contributed by atoms with Crippen LogP contribution in [-0.2, 0) is 10.0 Å². The van der Waals surface area contributed by atoms with Gasteiger partial charge in [0, 0.05) is 11.3 Å². The van der Waals surface area contributed by atoms with E-state index in [1.165, 1.54) is 12.1 Å². The molecule has 0 aromatic heterocycles. The van der Waals surface area contributed by atoms with Gasteiger partial charge in [0.15, 0.2) is 0 Å². The first-order valence-electron chi connectivity index (χ1n) is 9.55. The number of hydrogen-bond acceptors (Lipinski definition) is 4. The summed E-state index contributed by atoms with van der Waals surface area (Å²) in [6.07, 6.45) is 0.686. The van der Waals surface area contributed by atoms with Gasteiger partial charge < -0.3 is 10.1 Å². The summed E-state index contributed by atoms with van der Waals surface area (Å²) in [6.45, 7) is 1.97. The smallest absolute Gasteiger partial charge is 0.261 e. The molecular weight excluding hydrogens is 400 g/mol. The van der Waals surface area contributed by atoms with E-state index in [4.69, 9.17) is 4.74 Å². The lowest BCUT2D eigenvalue weighted by atomic mass is 10.0. The Kier molecular flexibility index (Phi) is 6.74. The van der Waals surface area contributed by atoms with Gasteiger partial charge >= 0.3 is 0 Å². The predicted octanol–water partition coefficient (Wildman–Crippen LogP) is 4.38. The van der Waals surface area contributed by atoms with E-state index in [9.17, 15) is 13.2 Å². The van der Waals surface area contributed by atoms with E-state index in [1.807, 2.05) is 31.2 Å². The Balaban J connectivity index is 1.77. The average Bonchev–Trinajstić information content (AvgIpc) is 2.78. The highest BCUT2D eigenvalue weighted by atomic mass is 32.2. The molecule has 0 saturated carbocycles. The van der Waals surface area contributed by atoms with Crippen LogP contribution < -0.4 is 14.8 Å². The minimum absolute atomic E-state index is 0.0245. The number of amides is 1. The number of carbonyl (C=O) groups is 1. The Morgan fingerprint density at radius 1 is 0.967 bits per heavy atom. The van der Waals surface area contributed by atoms with Crippen LogP contribution in [-0.4, -0.2) is 21.4 Å². The van der Waals surface area contributed by atoms with Gasteiger partial charge in [0.2, 0.25) is 0 Å². The molecule has 7 heteroatoms. The largest absolute Gasteiger partial charge is 0.497 e. The van der Waals surface area contributed by atoms with Crippen LogP contribution in [0, 0.1) is 0 Å². The monoisotopic (exact) mass is 424 g/mol. The molecule has 0 heterocycles. The third-order valence-electron chi connectivity index (χ3n) is 4.66. The molecule has 3 rings (SSSR count). The standard InChI is InChI=1S/C23H24N2O4S/c1-3-22(17-12-14-20(29-2)15-13-17)24-23(26)18-8-7-11-21(16-18)30(27,28)25-19-9-5-4-6-10-19/h4-16,22,25H,3H2,1-2H3,(H,24,26)/t22-/m1/s1. The first-order valence-corrected chi connectivity index (χ1v) is 11.0. The summed E-state index contributed by atoms with van der Waals surface area (Å²) < 4.78 is 33.1. The molecule has 1 atom stereocenters. The fourth-order valence-corrected chi connectivity index (χ4v) is 4.13.